The van der Waals surface area contributed by atoms with Crippen LogP contribution in [0.3, 0.4) is 0 Å². The van der Waals surface area contributed by atoms with Gasteiger partial charge in [-0.25, -0.2) is 0 Å². The number of hydrogen-bond donors (Lipinski definition) is 0. The third kappa shape index (κ3) is 5.69. The normalized spacial score (nSPS) is 11.1. The van der Waals surface area contributed by atoms with Crippen LogP contribution in [0.25, 0.3) is 0 Å². The van der Waals surface area contributed by atoms with Crippen molar-refractivity contribution in [2.75, 3.05) is 26.2 Å². The summed E-state index contributed by atoms with van der Waals surface area (Å²) in [5.41, 5.74) is 0. The van der Waals surface area contributed by atoms with Crippen molar-refractivity contribution in [3.8, 4) is 0 Å². The molecule has 0 heterocycles. The molecule has 0 bridgehead atoms. The number of nitrogens with zero attached hydrogens (tertiary/aromatic N) is 1. The predicted octanol–water partition coefficient (Wildman–Crippen LogP) is 1.99. The van der Waals surface area contributed by atoms with Gasteiger partial charge in [-0.05, 0) is 33.6 Å². The predicted molar refractivity (Wildman–Crippen MR) is 72.2 cm³/mol. The molecule has 0 rings (SSSR count). The average molecular weight is 201 g/mol. The second kappa shape index (κ2) is 9.58. The number of hydrogen-bond acceptors (Lipinski definition) is 0. The topological polar surface area (TPSA) is 0 Å². The molecule has 0 saturated heterocycles. The van der Waals surface area contributed by atoms with Crippen molar-refractivity contribution < 1.29 is 4.48 Å². The summed E-state index contributed by atoms with van der Waals surface area (Å²) in [7, 11) is 0. The van der Waals surface area contributed by atoms with Crippen LogP contribution in [0.1, 0.15) is 53.4 Å². The van der Waals surface area contributed by atoms with Gasteiger partial charge in [-0.15, -0.1) is 0 Å². The summed E-state index contributed by atoms with van der Waals surface area (Å²) in [5, 5.41) is 0. The summed E-state index contributed by atoms with van der Waals surface area (Å²) in [5.74, 6) is 0. The molecule has 14 heavy (non-hydrogen) atoms. The maximum Gasteiger partial charge on any atom is 0.0786 e. The Kier molecular flexibility index (Phi) is 11.3. The summed E-state index contributed by atoms with van der Waals surface area (Å²) in [6.07, 6.45) is 5.61. The average Bonchev–Trinajstić information content (AvgIpc) is 2.20. The highest BCUT2D eigenvalue weighted by Gasteiger charge is 2.19. The summed E-state index contributed by atoms with van der Waals surface area (Å²) in [4.78, 5) is 0. The van der Waals surface area contributed by atoms with Gasteiger partial charge in [-0.3, -0.25) is 0 Å². The highest BCUT2D eigenvalue weighted by Crippen LogP contribution is 2.10. The molecule has 0 aromatic rings. The molecule has 0 unspecified atom stereocenters. The second-order valence-electron chi connectivity index (χ2n) is 4.07. The first-order chi connectivity index (χ1) is 6.24. The van der Waals surface area contributed by atoms with Gasteiger partial charge in [0.25, 0.3) is 0 Å². The van der Waals surface area contributed by atoms with Gasteiger partial charge in [0.2, 0.25) is 0 Å². The summed E-state index contributed by atoms with van der Waals surface area (Å²) in [6, 6.07) is 0. The highest BCUT2D eigenvalue weighted by molar-refractivity contribution is 5.75. The molecule has 0 spiro atoms. The quantitative estimate of drug-likeness (QED) is 0.320. The van der Waals surface area contributed by atoms with E-state index in [1.807, 2.05) is 0 Å². The fraction of sp³-hybridized carbons (Fsp3) is 1.00. The van der Waals surface area contributed by atoms with Crippen molar-refractivity contribution in [3.63, 3.8) is 0 Å². The first-order valence-electron chi connectivity index (χ1n) is 6.09. The maximum atomic E-state index is 2.33. The zero-order valence-electron chi connectivity index (χ0n) is 10.1. The minimum absolute atomic E-state index is 0. The van der Waals surface area contributed by atoms with Crippen LogP contribution in [-0.4, -0.2) is 39.1 Å². The SMILES string of the molecule is CCCCCC[N+](CC)(CC)CC.[BH4-]. The first kappa shape index (κ1) is 16.5. The Morgan fingerprint density at radius 3 is 1.57 bits per heavy atom. The van der Waals surface area contributed by atoms with E-state index in [9.17, 15) is 0 Å². The molecule has 0 aliphatic rings. The molecule has 0 aromatic carbocycles. The minimum Gasteiger partial charge on any atom is -0.324 e. The maximum absolute atomic E-state index is 2.33. The van der Waals surface area contributed by atoms with Crippen molar-refractivity contribution in [1.29, 1.82) is 0 Å². The van der Waals surface area contributed by atoms with E-state index < -0.39 is 0 Å². The van der Waals surface area contributed by atoms with Gasteiger partial charge in [-0.1, -0.05) is 28.2 Å². The lowest BCUT2D eigenvalue weighted by Gasteiger charge is -2.35. The van der Waals surface area contributed by atoms with Crippen molar-refractivity contribution in [1.82, 2.24) is 0 Å². The Bertz CT molecular complexity index is 103. The summed E-state index contributed by atoms with van der Waals surface area (Å²) >= 11 is 0. The Labute approximate surface area is 93.0 Å². The molecule has 2 heteroatoms. The van der Waals surface area contributed by atoms with Crippen LogP contribution in [-0.2, 0) is 0 Å². The van der Waals surface area contributed by atoms with Crippen LogP contribution in [0.2, 0.25) is 0 Å². The number of rotatable bonds is 8. The van der Waals surface area contributed by atoms with Crippen molar-refractivity contribution in [2.24, 2.45) is 0 Å². The smallest absolute Gasteiger partial charge is 0.0786 e. The molecule has 1 nitrogen and oxygen atoms in total. The molecule has 0 N–H and O–H groups in total. The van der Waals surface area contributed by atoms with Gasteiger partial charge in [0.1, 0.15) is 0 Å². The van der Waals surface area contributed by atoms with Gasteiger partial charge < -0.3 is 4.48 Å². The molecule has 0 fully saturated rings. The van der Waals surface area contributed by atoms with Gasteiger partial charge in [-0.2, -0.15) is 0 Å². The molecule has 0 saturated carbocycles. The zero-order chi connectivity index (χ0) is 10.2. The van der Waals surface area contributed by atoms with Crippen LogP contribution in [0, 0.1) is 0 Å². The van der Waals surface area contributed by atoms with Crippen LogP contribution in [0.15, 0.2) is 0 Å². The lowest BCUT2D eigenvalue weighted by atomic mass is 10.2. The molecule has 88 valence electrons. The molecule has 0 radical (unpaired) electrons. The van der Waals surface area contributed by atoms with Gasteiger partial charge in [0.15, 0.2) is 0 Å². The van der Waals surface area contributed by atoms with Crippen molar-refractivity contribution >= 4 is 8.41 Å². The Morgan fingerprint density at radius 2 is 1.21 bits per heavy atom. The lowest BCUT2D eigenvalue weighted by Crippen LogP contribution is -2.48. The number of quaternary nitrogens is 1. The third-order valence-corrected chi connectivity index (χ3v) is 3.50. The molecule has 0 amide bonds. The number of unbranched alkanes of at least 4 members (excludes halogenated alkanes) is 3. The standard InChI is InChI=1S/C12H28N.BH4/c1-5-9-10-11-12-13(6-2,7-3)8-4;/h5-12H2,1-4H3;1H4/q+1;-1. The fourth-order valence-corrected chi connectivity index (χ4v) is 2.02. The lowest BCUT2D eigenvalue weighted by molar-refractivity contribution is -0.923. The van der Waals surface area contributed by atoms with E-state index >= 15 is 0 Å². The summed E-state index contributed by atoms with van der Waals surface area (Å²) < 4.78 is 1.32. The molecular weight excluding hydrogens is 169 g/mol. The first-order valence-corrected chi connectivity index (χ1v) is 6.09. The Balaban J connectivity index is 0. The third-order valence-electron chi connectivity index (χ3n) is 3.50. The molecule has 0 aliphatic heterocycles. The van der Waals surface area contributed by atoms with Crippen LogP contribution < -0.4 is 0 Å². The minimum atomic E-state index is 0. The van der Waals surface area contributed by atoms with Gasteiger partial charge in [0, 0.05) is 0 Å². The zero-order valence-corrected chi connectivity index (χ0v) is 10.1. The molecule has 0 atom stereocenters. The van der Waals surface area contributed by atoms with Crippen LogP contribution in [0.5, 0.6) is 0 Å². The van der Waals surface area contributed by atoms with E-state index in [2.05, 4.69) is 27.7 Å². The van der Waals surface area contributed by atoms with Crippen LogP contribution in [0.4, 0.5) is 0 Å². The second-order valence-corrected chi connectivity index (χ2v) is 4.07. The van der Waals surface area contributed by atoms with E-state index in [-0.39, 0.29) is 8.41 Å². The monoisotopic (exact) mass is 201 g/mol. The largest absolute Gasteiger partial charge is 0.324 e. The van der Waals surface area contributed by atoms with E-state index in [1.165, 1.54) is 56.3 Å². The van der Waals surface area contributed by atoms with Crippen molar-refractivity contribution in [3.05, 3.63) is 0 Å². The van der Waals surface area contributed by atoms with E-state index in [4.69, 9.17) is 0 Å². The van der Waals surface area contributed by atoms with Gasteiger partial charge in [0.05, 0.1) is 26.2 Å². The Hall–Kier alpha value is 0.0249. The van der Waals surface area contributed by atoms with E-state index in [0.29, 0.717) is 0 Å². The highest BCUT2D eigenvalue weighted by atomic mass is 15.3. The van der Waals surface area contributed by atoms with E-state index in [0.717, 1.165) is 0 Å². The molecular formula is C12H32BN. The Morgan fingerprint density at radius 1 is 0.714 bits per heavy atom. The van der Waals surface area contributed by atoms with Crippen LogP contribution >= 0.6 is 0 Å². The van der Waals surface area contributed by atoms with Crippen molar-refractivity contribution in [2.45, 2.75) is 53.4 Å². The summed E-state index contributed by atoms with van der Waals surface area (Å²) in [6.45, 7) is 14.6. The van der Waals surface area contributed by atoms with E-state index in [1.54, 1.807) is 0 Å². The molecule has 0 aliphatic carbocycles. The van der Waals surface area contributed by atoms with Gasteiger partial charge >= 0.3 is 0 Å². The fourth-order valence-electron chi connectivity index (χ4n) is 2.02. The molecule has 0 aromatic heterocycles.